The van der Waals surface area contributed by atoms with Crippen molar-refractivity contribution in [2.75, 3.05) is 13.2 Å². The van der Waals surface area contributed by atoms with Gasteiger partial charge in [-0.1, -0.05) is 13.3 Å². The third-order valence-electron chi connectivity index (χ3n) is 2.93. The highest BCUT2D eigenvalue weighted by Gasteiger charge is 2.12. The second-order valence-corrected chi connectivity index (χ2v) is 5.11. The second-order valence-electron chi connectivity index (χ2n) is 5.11. The molecule has 126 valence electrons. The number of hydrogen-bond acceptors (Lipinski definition) is 5. The number of esters is 1. The van der Waals surface area contributed by atoms with Crippen molar-refractivity contribution >= 4 is 17.8 Å². The molecule has 7 nitrogen and oxygen atoms in total. The summed E-state index contributed by atoms with van der Waals surface area (Å²) >= 11 is 0. The number of benzene rings is 1. The molecule has 1 aromatic rings. The molecule has 0 saturated carbocycles. The van der Waals surface area contributed by atoms with Crippen LogP contribution in [0.5, 0.6) is 5.75 Å². The normalized spacial score (nSPS) is 11.4. The standard InChI is InChI=1S/C16H22N2O5/c1-3-4-11(2)18-15(20)10-23-16(21)12-5-7-13(8-6-12)22-9-14(17)19/h5-8,11H,3-4,9-10H2,1-2H3,(H2,17,19)(H,18,20)/t11-/m0/s1. The van der Waals surface area contributed by atoms with Gasteiger partial charge >= 0.3 is 5.97 Å². The van der Waals surface area contributed by atoms with Crippen LogP contribution in [0.4, 0.5) is 0 Å². The molecule has 0 radical (unpaired) electrons. The molecule has 0 unspecified atom stereocenters. The minimum atomic E-state index is -0.607. The summed E-state index contributed by atoms with van der Waals surface area (Å²) < 4.78 is 10.0. The molecule has 1 rings (SSSR count). The van der Waals surface area contributed by atoms with Crippen LogP contribution in [-0.2, 0) is 14.3 Å². The highest BCUT2D eigenvalue weighted by atomic mass is 16.5. The van der Waals surface area contributed by atoms with Crippen molar-refractivity contribution in [3.63, 3.8) is 0 Å². The summed E-state index contributed by atoms with van der Waals surface area (Å²) in [5, 5.41) is 2.74. The summed E-state index contributed by atoms with van der Waals surface area (Å²) in [6.07, 6.45) is 1.83. The Morgan fingerprint density at radius 3 is 2.39 bits per heavy atom. The highest BCUT2D eigenvalue weighted by molar-refractivity contribution is 5.91. The zero-order valence-corrected chi connectivity index (χ0v) is 13.3. The van der Waals surface area contributed by atoms with Crippen LogP contribution in [0.1, 0.15) is 37.0 Å². The van der Waals surface area contributed by atoms with E-state index in [4.69, 9.17) is 15.2 Å². The van der Waals surface area contributed by atoms with E-state index in [0.29, 0.717) is 5.75 Å². The van der Waals surface area contributed by atoms with Crippen LogP contribution in [0, 0.1) is 0 Å². The molecule has 0 aromatic heterocycles. The largest absolute Gasteiger partial charge is 0.484 e. The number of hydrogen-bond donors (Lipinski definition) is 2. The Kier molecular flexibility index (Phi) is 7.59. The number of nitrogens with two attached hydrogens (primary N) is 1. The van der Waals surface area contributed by atoms with Crippen molar-refractivity contribution in [1.82, 2.24) is 5.32 Å². The molecule has 2 amide bonds. The predicted octanol–water partition coefficient (Wildman–Crippen LogP) is 1.01. The number of carbonyl (C=O) groups excluding carboxylic acids is 3. The fourth-order valence-electron chi connectivity index (χ4n) is 1.88. The maximum Gasteiger partial charge on any atom is 0.338 e. The fraction of sp³-hybridized carbons (Fsp3) is 0.438. The molecule has 23 heavy (non-hydrogen) atoms. The number of rotatable bonds is 9. The number of amides is 2. The minimum absolute atomic E-state index is 0.0490. The Labute approximate surface area is 135 Å². The molecule has 0 bridgehead atoms. The van der Waals surface area contributed by atoms with E-state index in [-0.39, 0.29) is 30.7 Å². The molecule has 0 aliphatic heterocycles. The van der Waals surface area contributed by atoms with E-state index in [9.17, 15) is 14.4 Å². The lowest BCUT2D eigenvalue weighted by Crippen LogP contribution is -2.35. The van der Waals surface area contributed by atoms with Crippen LogP contribution < -0.4 is 15.8 Å². The zero-order chi connectivity index (χ0) is 17.2. The maximum atomic E-state index is 11.8. The van der Waals surface area contributed by atoms with Crippen molar-refractivity contribution < 1.29 is 23.9 Å². The summed E-state index contributed by atoms with van der Waals surface area (Å²) in [4.78, 5) is 34.0. The van der Waals surface area contributed by atoms with Crippen molar-refractivity contribution in [1.29, 1.82) is 0 Å². The average Bonchev–Trinajstić information content (AvgIpc) is 2.51. The smallest absolute Gasteiger partial charge is 0.338 e. The van der Waals surface area contributed by atoms with Gasteiger partial charge in [-0.2, -0.15) is 0 Å². The van der Waals surface area contributed by atoms with Crippen molar-refractivity contribution in [2.24, 2.45) is 5.73 Å². The molecular formula is C16H22N2O5. The van der Waals surface area contributed by atoms with E-state index in [1.807, 2.05) is 13.8 Å². The molecule has 0 spiro atoms. The lowest BCUT2D eigenvalue weighted by Gasteiger charge is -2.12. The van der Waals surface area contributed by atoms with Gasteiger partial charge in [-0.25, -0.2) is 4.79 Å². The fourth-order valence-corrected chi connectivity index (χ4v) is 1.88. The van der Waals surface area contributed by atoms with Crippen LogP contribution in [0.3, 0.4) is 0 Å². The maximum absolute atomic E-state index is 11.8. The first kappa shape index (κ1) is 18.5. The Balaban J connectivity index is 2.42. The SMILES string of the molecule is CCC[C@H](C)NC(=O)COC(=O)c1ccc(OCC(N)=O)cc1. The quantitative estimate of drug-likeness (QED) is 0.660. The molecular weight excluding hydrogens is 300 g/mol. The molecule has 0 fully saturated rings. The molecule has 1 aromatic carbocycles. The third-order valence-corrected chi connectivity index (χ3v) is 2.93. The first-order chi connectivity index (χ1) is 10.9. The van der Waals surface area contributed by atoms with Crippen LogP contribution in [-0.4, -0.2) is 37.0 Å². The molecule has 0 heterocycles. The Hall–Kier alpha value is -2.57. The van der Waals surface area contributed by atoms with Crippen molar-refractivity contribution in [3.8, 4) is 5.75 Å². The van der Waals surface area contributed by atoms with Gasteiger partial charge in [0.25, 0.3) is 11.8 Å². The zero-order valence-electron chi connectivity index (χ0n) is 13.3. The van der Waals surface area contributed by atoms with Gasteiger partial charge in [0.15, 0.2) is 13.2 Å². The van der Waals surface area contributed by atoms with Gasteiger partial charge in [-0.15, -0.1) is 0 Å². The predicted molar refractivity (Wildman–Crippen MR) is 83.9 cm³/mol. The lowest BCUT2D eigenvalue weighted by molar-refractivity contribution is -0.124. The summed E-state index contributed by atoms with van der Waals surface area (Å²) in [5.74, 6) is -1.12. The summed E-state index contributed by atoms with van der Waals surface area (Å²) in [6, 6.07) is 6.05. The first-order valence-corrected chi connectivity index (χ1v) is 7.40. The Morgan fingerprint density at radius 2 is 1.83 bits per heavy atom. The van der Waals surface area contributed by atoms with Crippen molar-refractivity contribution in [2.45, 2.75) is 32.7 Å². The van der Waals surface area contributed by atoms with Crippen LogP contribution in [0.2, 0.25) is 0 Å². The highest BCUT2D eigenvalue weighted by Crippen LogP contribution is 2.12. The summed E-state index contributed by atoms with van der Waals surface area (Å²) in [5.41, 5.74) is 5.25. The van der Waals surface area contributed by atoms with Crippen LogP contribution >= 0.6 is 0 Å². The van der Waals surface area contributed by atoms with Gasteiger partial charge in [0.2, 0.25) is 0 Å². The minimum Gasteiger partial charge on any atom is -0.484 e. The van der Waals surface area contributed by atoms with Gasteiger partial charge in [-0.3, -0.25) is 9.59 Å². The number of ether oxygens (including phenoxy) is 2. The van der Waals surface area contributed by atoms with Gasteiger partial charge in [0.05, 0.1) is 5.56 Å². The average molecular weight is 322 g/mol. The van der Waals surface area contributed by atoms with E-state index >= 15 is 0 Å². The van der Waals surface area contributed by atoms with E-state index in [1.165, 1.54) is 24.3 Å². The molecule has 0 aliphatic rings. The monoisotopic (exact) mass is 322 g/mol. The van der Waals surface area contributed by atoms with E-state index in [1.54, 1.807) is 0 Å². The number of nitrogens with one attached hydrogen (secondary N) is 1. The van der Waals surface area contributed by atoms with Crippen LogP contribution in [0.25, 0.3) is 0 Å². The number of primary amides is 1. The van der Waals surface area contributed by atoms with Crippen LogP contribution in [0.15, 0.2) is 24.3 Å². The first-order valence-electron chi connectivity index (χ1n) is 7.40. The topological polar surface area (TPSA) is 108 Å². The van der Waals surface area contributed by atoms with Gasteiger partial charge < -0.3 is 20.5 Å². The van der Waals surface area contributed by atoms with Crippen molar-refractivity contribution in [3.05, 3.63) is 29.8 Å². The molecule has 0 aliphatic carbocycles. The molecule has 0 saturated heterocycles. The van der Waals surface area contributed by atoms with E-state index < -0.39 is 11.9 Å². The third kappa shape index (κ3) is 7.30. The second kappa shape index (κ2) is 9.45. The number of carbonyl (C=O) groups is 3. The molecule has 7 heteroatoms. The van der Waals surface area contributed by atoms with Gasteiger partial charge in [0, 0.05) is 6.04 Å². The van der Waals surface area contributed by atoms with E-state index in [2.05, 4.69) is 5.32 Å². The Bertz CT molecular complexity index is 542. The molecule has 3 N–H and O–H groups in total. The summed E-state index contributed by atoms with van der Waals surface area (Å²) in [7, 11) is 0. The lowest BCUT2D eigenvalue weighted by atomic mass is 10.2. The van der Waals surface area contributed by atoms with Gasteiger partial charge in [-0.05, 0) is 37.6 Å². The van der Waals surface area contributed by atoms with Gasteiger partial charge in [0.1, 0.15) is 5.75 Å². The molecule has 1 atom stereocenters. The van der Waals surface area contributed by atoms with E-state index in [0.717, 1.165) is 12.8 Å². The Morgan fingerprint density at radius 1 is 1.17 bits per heavy atom. The summed E-state index contributed by atoms with van der Waals surface area (Å²) in [6.45, 7) is 3.36.